The van der Waals surface area contributed by atoms with Gasteiger partial charge in [-0.1, -0.05) is 13.8 Å². The fourth-order valence-electron chi connectivity index (χ4n) is 2.03. The third-order valence-electron chi connectivity index (χ3n) is 2.68. The standard InChI is InChI=1S/C9H18N2O/c1-6(2)7-3-4-11-8(7)5-9(10)12/h6-8,11H,3-5H2,1-2H3,(H2,10,12). The van der Waals surface area contributed by atoms with Crippen LogP contribution in [0.3, 0.4) is 0 Å². The third-order valence-corrected chi connectivity index (χ3v) is 2.68. The van der Waals surface area contributed by atoms with E-state index < -0.39 is 0 Å². The molecule has 1 saturated heterocycles. The Hall–Kier alpha value is -0.570. The van der Waals surface area contributed by atoms with Crippen molar-refractivity contribution in [2.75, 3.05) is 6.54 Å². The number of carbonyl (C=O) groups is 1. The second-order valence-corrected chi connectivity index (χ2v) is 3.93. The second kappa shape index (κ2) is 3.90. The van der Waals surface area contributed by atoms with Crippen molar-refractivity contribution in [3.05, 3.63) is 0 Å². The molecule has 0 saturated carbocycles. The van der Waals surface area contributed by atoms with Crippen LogP contribution in [-0.4, -0.2) is 18.5 Å². The molecule has 12 heavy (non-hydrogen) atoms. The maximum absolute atomic E-state index is 10.7. The lowest BCUT2D eigenvalue weighted by Gasteiger charge is -2.21. The van der Waals surface area contributed by atoms with E-state index in [-0.39, 0.29) is 5.91 Å². The molecule has 0 aromatic heterocycles. The van der Waals surface area contributed by atoms with Gasteiger partial charge in [-0.05, 0) is 24.8 Å². The number of nitrogens with one attached hydrogen (secondary N) is 1. The third kappa shape index (κ3) is 2.21. The number of carbonyl (C=O) groups excluding carboxylic acids is 1. The van der Waals surface area contributed by atoms with Crippen LogP contribution in [0.4, 0.5) is 0 Å². The molecule has 2 atom stereocenters. The number of amides is 1. The number of rotatable bonds is 3. The van der Waals surface area contributed by atoms with Gasteiger partial charge >= 0.3 is 0 Å². The summed E-state index contributed by atoms with van der Waals surface area (Å²) in [6, 6.07) is 0.322. The molecule has 0 radical (unpaired) electrons. The second-order valence-electron chi connectivity index (χ2n) is 3.93. The van der Waals surface area contributed by atoms with E-state index in [1.165, 1.54) is 6.42 Å². The molecular weight excluding hydrogens is 152 g/mol. The van der Waals surface area contributed by atoms with E-state index in [1.807, 2.05) is 0 Å². The van der Waals surface area contributed by atoms with Gasteiger partial charge < -0.3 is 11.1 Å². The summed E-state index contributed by atoms with van der Waals surface area (Å²) in [5.41, 5.74) is 5.16. The Kier molecular flexibility index (Phi) is 3.09. The van der Waals surface area contributed by atoms with Crippen molar-refractivity contribution in [3.8, 4) is 0 Å². The highest BCUT2D eigenvalue weighted by Gasteiger charge is 2.29. The molecule has 70 valence electrons. The quantitative estimate of drug-likeness (QED) is 0.648. The lowest BCUT2D eigenvalue weighted by molar-refractivity contribution is -0.118. The Morgan fingerprint density at radius 3 is 2.83 bits per heavy atom. The minimum absolute atomic E-state index is 0.194. The lowest BCUT2D eigenvalue weighted by Crippen LogP contribution is -2.34. The maximum Gasteiger partial charge on any atom is 0.218 e. The van der Waals surface area contributed by atoms with Crippen molar-refractivity contribution in [2.24, 2.45) is 17.6 Å². The Bertz CT molecular complexity index is 168. The van der Waals surface area contributed by atoms with E-state index in [1.54, 1.807) is 0 Å². The molecule has 1 aliphatic heterocycles. The minimum Gasteiger partial charge on any atom is -0.370 e. The summed E-state index contributed by atoms with van der Waals surface area (Å²) < 4.78 is 0. The molecule has 0 spiro atoms. The Labute approximate surface area is 73.7 Å². The molecule has 0 aromatic rings. The van der Waals surface area contributed by atoms with E-state index in [4.69, 9.17) is 5.73 Å². The zero-order valence-corrected chi connectivity index (χ0v) is 7.84. The Morgan fingerprint density at radius 1 is 1.67 bits per heavy atom. The van der Waals surface area contributed by atoms with Gasteiger partial charge in [-0.2, -0.15) is 0 Å². The van der Waals surface area contributed by atoms with Gasteiger partial charge in [0.15, 0.2) is 0 Å². The highest BCUT2D eigenvalue weighted by atomic mass is 16.1. The van der Waals surface area contributed by atoms with Gasteiger partial charge in [0.1, 0.15) is 0 Å². The summed E-state index contributed by atoms with van der Waals surface area (Å²) in [4.78, 5) is 10.7. The summed E-state index contributed by atoms with van der Waals surface area (Å²) in [6.07, 6.45) is 1.67. The Morgan fingerprint density at radius 2 is 2.33 bits per heavy atom. The van der Waals surface area contributed by atoms with Crippen LogP contribution in [-0.2, 0) is 4.79 Å². The van der Waals surface area contributed by atoms with Crippen LogP contribution in [0.25, 0.3) is 0 Å². The van der Waals surface area contributed by atoms with Gasteiger partial charge in [-0.3, -0.25) is 4.79 Å². The highest BCUT2D eigenvalue weighted by molar-refractivity contribution is 5.74. The molecule has 1 rings (SSSR count). The molecule has 1 amide bonds. The van der Waals surface area contributed by atoms with E-state index in [9.17, 15) is 4.79 Å². The summed E-state index contributed by atoms with van der Waals surface area (Å²) >= 11 is 0. The van der Waals surface area contributed by atoms with Gasteiger partial charge in [0.05, 0.1) is 0 Å². The first-order chi connectivity index (χ1) is 5.61. The van der Waals surface area contributed by atoms with Crippen LogP contribution < -0.4 is 11.1 Å². The molecule has 0 aromatic carbocycles. The minimum atomic E-state index is -0.194. The zero-order valence-electron chi connectivity index (χ0n) is 7.84. The van der Waals surface area contributed by atoms with Crippen molar-refractivity contribution >= 4 is 5.91 Å². The monoisotopic (exact) mass is 170 g/mol. The van der Waals surface area contributed by atoms with Crippen molar-refractivity contribution in [3.63, 3.8) is 0 Å². The van der Waals surface area contributed by atoms with E-state index >= 15 is 0 Å². The molecule has 1 aliphatic rings. The van der Waals surface area contributed by atoms with Crippen LogP contribution >= 0.6 is 0 Å². The Balaban J connectivity index is 2.46. The summed E-state index contributed by atoms with van der Waals surface area (Å²) in [6.45, 7) is 5.43. The highest BCUT2D eigenvalue weighted by Crippen LogP contribution is 2.25. The lowest BCUT2D eigenvalue weighted by atomic mass is 9.87. The molecule has 2 unspecified atom stereocenters. The van der Waals surface area contributed by atoms with E-state index in [0.29, 0.717) is 24.3 Å². The zero-order chi connectivity index (χ0) is 9.14. The van der Waals surface area contributed by atoms with Crippen LogP contribution in [0, 0.1) is 11.8 Å². The number of hydrogen-bond acceptors (Lipinski definition) is 2. The largest absolute Gasteiger partial charge is 0.370 e. The van der Waals surface area contributed by atoms with Gasteiger partial charge in [-0.15, -0.1) is 0 Å². The van der Waals surface area contributed by atoms with Gasteiger partial charge in [0, 0.05) is 12.5 Å². The molecule has 3 nitrogen and oxygen atoms in total. The average Bonchev–Trinajstić information content (AvgIpc) is 2.33. The molecular formula is C9H18N2O. The topological polar surface area (TPSA) is 55.1 Å². The average molecular weight is 170 g/mol. The molecule has 1 heterocycles. The first kappa shape index (κ1) is 9.52. The predicted molar refractivity (Wildman–Crippen MR) is 48.5 cm³/mol. The van der Waals surface area contributed by atoms with E-state index in [2.05, 4.69) is 19.2 Å². The molecule has 3 heteroatoms. The van der Waals surface area contributed by atoms with Crippen molar-refractivity contribution in [2.45, 2.75) is 32.7 Å². The number of primary amides is 1. The normalized spacial score (nSPS) is 29.6. The van der Waals surface area contributed by atoms with Crippen LogP contribution in [0.1, 0.15) is 26.7 Å². The first-order valence-electron chi connectivity index (χ1n) is 4.63. The molecule has 3 N–H and O–H groups in total. The number of hydrogen-bond donors (Lipinski definition) is 2. The van der Waals surface area contributed by atoms with Crippen molar-refractivity contribution < 1.29 is 4.79 Å². The van der Waals surface area contributed by atoms with E-state index in [0.717, 1.165) is 6.54 Å². The maximum atomic E-state index is 10.7. The summed E-state index contributed by atoms with van der Waals surface area (Å²) in [5, 5.41) is 3.32. The van der Waals surface area contributed by atoms with Gasteiger partial charge in [-0.25, -0.2) is 0 Å². The molecule has 1 fully saturated rings. The smallest absolute Gasteiger partial charge is 0.218 e. The molecule has 0 aliphatic carbocycles. The fourth-order valence-corrected chi connectivity index (χ4v) is 2.03. The fraction of sp³-hybridized carbons (Fsp3) is 0.889. The van der Waals surface area contributed by atoms with Crippen LogP contribution in [0.15, 0.2) is 0 Å². The first-order valence-corrected chi connectivity index (χ1v) is 4.63. The predicted octanol–water partition coefficient (Wildman–Crippen LogP) is 0.496. The molecule has 0 bridgehead atoms. The van der Waals surface area contributed by atoms with Gasteiger partial charge in [0.2, 0.25) is 5.91 Å². The van der Waals surface area contributed by atoms with Gasteiger partial charge in [0.25, 0.3) is 0 Å². The van der Waals surface area contributed by atoms with Crippen LogP contribution in [0.5, 0.6) is 0 Å². The number of nitrogens with two attached hydrogens (primary N) is 1. The SMILES string of the molecule is CC(C)C1CCNC1CC(N)=O. The summed E-state index contributed by atoms with van der Waals surface area (Å²) in [7, 11) is 0. The summed E-state index contributed by atoms with van der Waals surface area (Å²) in [5.74, 6) is 1.07. The van der Waals surface area contributed by atoms with Crippen molar-refractivity contribution in [1.82, 2.24) is 5.32 Å². The van der Waals surface area contributed by atoms with Crippen molar-refractivity contribution in [1.29, 1.82) is 0 Å². The van der Waals surface area contributed by atoms with Crippen LogP contribution in [0.2, 0.25) is 0 Å².